The van der Waals surface area contributed by atoms with Crippen LogP contribution in [0.1, 0.15) is 24.5 Å². The van der Waals surface area contributed by atoms with Gasteiger partial charge in [-0.1, -0.05) is 23.4 Å². The van der Waals surface area contributed by atoms with Crippen molar-refractivity contribution in [1.29, 1.82) is 0 Å². The highest BCUT2D eigenvalue weighted by molar-refractivity contribution is 5.89. The summed E-state index contributed by atoms with van der Waals surface area (Å²) >= 11 is 0. The van der Waals surface area contributed by atoms with Gasteiger partial charge in [0, 0.05) is 36.1 Å². The van der Waals surface area contributed by atoms with E-state index in [1.165, 1.54) is 12.1 Å². The van der Waals surface area contributed by atoms with E-state index >= 15 is 0 Å². The van der Waals surface area contributed by atoms with Crippen molar-refractivity contribution in [3.8, 4) is 0 Å². The van der Waals surface area contributed by atoms with E-state index in [0.717, 1.165) is 29.6 Å². The average Bonchev–Trinajstić information content (AvgIpc) is 3.05. The van der Waals surface area contributed by atoms with Crippen LogP contribution in [-0.4, -0.2) is 29.2 Å². The zero-order valence-electron chi connectivity index (χ0n) is 13.6. The van der Waals surface area contributed by atoms with Crippen molar-refractivity contribution in [2.45, 2.75) is 18.8 Å². The Balaban J connectivity index is 1.41. The van der Waals surface area contributed by atoms with Crippen molar-refractivity contribution >= 4 is 22.7 Å². The van der Waals surface area contributed by atoms with Crippen LogP contribution >= 0.6 is 0 Å². The molecule has 0 spiro atoms. The van der Waals surface area contributed by atoms with Gasteiger partial charge in [-0.25, -0.2) is 9.18 Å². The van der Waals surface area contributed by atoms with Crippen LogP contribution < -0.4 is 5.32 Å². The van der Waals surface area contributed by atoms with Crippen LogP contribution in [0, 0.1) is 5.82 Å². The lowest BCUT2D eigenvalue weighted by Gasteiger charge is -2.31. The predicted octanol–water partition coefficient (Wildman–Crippen LogP) is 4.38. The fourth-order valence-corrected chi connectivity index (χ4v) is 3.31. The van der Waals surface area contributed by atoms with Crippen LogP contribution in [0.15, 0.2) is 53.1 Å². The molecule has 1 aliphatic heterocycles. The molecule has 1 aromatic heterocycles. The molecule has 25 heavy (non-hydrogen) atoms. The number of nitrogens with one attached hydrogen (secondary N) is 1. The van der Waals surface area contributed by atoms with Gasteiger partial charge < -0.3 is 14.7 Å². The van der Waals surface area contributed by atoms with E-state index in [0.29, 0.717) is 18.7 Å². The third-order valence-electron chi connectivity index (χ3n) is 4.66. The molecule has 0 aliphatic carbocycles. The van der Waals surface area contributed by atoms with E-state index < -0.39 is 0 Å². The summed E-state index contributed by atoms with van der Waals surface area (Å²) in [5.41, 5.74) is 2.12. The molecule has 0 unspecified atom stereocenters. The van der Waals surface area contributed by atoms with Crippen LogP contribution in [0.3, 0.4) is 0 Å². The Labute approximate surface area is 144 Å². The molecule has 0 radical (unpaired) electrons. The minimum absolute atomic E-state index is 0.0864. The summed E-state index contributed by atoms with van der Waals surface area (Å²) in [7, 11) is 0. The van der Waals surface area contributed by atoms with E-state index in [9.17, 15) is 9.18 Å². The van der Waals surface area contributed by atoms with Gasteiger partial charge in [0.2, 0.25) is 0 Å². The third-order valence-corrected chi connectivity index (χ3v) is 4.66. The highest BCUT2D eigenvalue weighted by Crippen LogP contribution is 2.32. The Morgan fingerprint density at radius 3 is 2.68 bits per heavy atom. The Hall–Kier alpha value is -2.89. The first-order chi connectivity index (χ1) is 12.2. The Bertz CT molecular complexity index is 886. The first-order valence-electron chi connectivity index (χ1n) is 8.36. The zero-order valence-corrected chi connectivity index (χ0v) is 13.6. The largest absolute Gasteiger partial charge is 0.356 e. The maximum Gasteiger partial charge on any atom is 0.321 e. The highest BCUT2D eigenvalue weighted by atomic mass is 19.1. The number of carbonyl (C=O) groups is 1. The second-order valence-corrected chi connectivity index (χ2v) is 6.27. The molecule has 2 aromatic carbocycles. The number of likely N-dealkylation sites (tertiary alicyclic amines) is 1. The van der Waals surface area contributed by atoms with E-state index in [-0.39, 0.29) is 17.8 Å². The molecule has 1 aliphatic rings. The summed E-state index contributed by atoms with van der Waals surface area (Å²) in [6.45, 7) is 1.30. The lowest BCUT2D eigenvalue weighted by molar-refractivity contribution is 0.193. The van der Waals surface area contributed by atoms with E-state index in [2.05, 4.69) is 10.5 Å². The summed E-state index contributed by atoms with van der Waals surface area (Å²) in [6.07, 6.45) is 1.61. The molecule has 1 fully saturated rings. The predicted molar refractivity (Wildman–Crippen MR) is 93.0 cm³/mol. The topological polar surface area (TPSA) is 58.4 Å². The number of rotatable bonds is 2. The van der Waals surface area contributed by atoms with Gasteiger partial charge in [-0.15, -0.1) is 0 Å². The summed E-state index contributed by atoms with van der Waals surface area (Å²) in [5, 5.41) is 7.90. The van der Waals surface area contributed by atoms with Crippen molar-refractivity contribution in [2.75, 3.05) is 18.4 Å². The number of aromatic nitrogens is 1. The number of hydrogen-bond donors (Lipinski definition) is 1. The standard InChI is InChI=1S/C19H18FN3O2/c20-14-6-7-16-17(12-14)25-22-18(16)13-8-10-23(11-9-13)19(24)21-15-4-2-1-3-5-15/h1-7,12-13H,8-11H2,(H,21,24). The molecule has 4 rings (SSSR count). The fourth-order valence-electron chi connectivity index (χ4n) is 3.31. The molecule has 2 amide bonds. The highest BCUT2D eigenvalue weighted by Gasteiger charge is 2.27. The van der Waals surface area contributed by atoms with Gasteiger partial charge in [0.1, 0.15) is 5.82 Å². The molecule has 128 valence electrons. The Kier molecular flexibility index (Phi) is 4.09. The average molecular weight is 339 g/mol. The first-order valence-corrected chi connectivity index (χ1v) is 8.36. The van der Waals surface area contributed by atoms with Crippen LogP contribution in [0.5, 0.6) is 0 Å². The van der Waals surface area contributed by atoms with Crippen LogP contribution in [0.2, 0.25) is 0 Å². The molecular formula is C19H18FN3O2. The molecule has 0 atom stereocenters. The van der Waals surface area contributed by atoms with Crippen molar-refractivity contribution in [3.63, 3.8) is 0 Å². The monoisotopic (exact) mass is 339 g/mol. The second-order valence-electron chi connectivity index (χ2n) is 6.27. The number of anilines is 1. The smallest absolute Gasteiger partial charge is 0.321 e. The maximum atomic E-state index is 13.3. The number of benzene rings is 2. The van der Waals surface area contributed by atoms with Crippen LogP contribution in [-0.2, 0) is 0 Å². The van der Waals surface area contributed by atoms with Crippen molar-refractivity contribution in [3.05, 3.63) is 60.0 Å². The van der Waals surface area contributed by atoms with E-state index in [1.54, 1.807) is 6.07 Å². The number of para-hydroxylation sites is 1. The first kappa shape index (κ1) is 15.6. The summed E-state index contributed by atoms with van der Waals surface area (Å²) in [5.74, 6) is -0.116. The van der Waals surface area contributed by atoms with Gasteiger partial charge in [0.15, 0.2) is 5.58 Å². The summed E-state index contributed by atoms with van der Waals surface area (Å²) in [6, 6.07) is 13.8. The second kappa shape index (κ2) is 6.55. The summed E-state index contributed by atoms with van der Waals surface area (Å²) < 4.78 is 18.5. The number of amides is 2. The molecule has 2 heterocycles. The molecule has 5 nitrogen and oxygen atoms in total. The number of halogens is 1. The van der Waals surface area contributed by atoms with Crippen LogP contribution in [0.4, 0.5) is 14.9 Å². The maximum absolute atomic E-state index is 13.3. The lowest BCUT2D eigenvalue weighted by Crippen LogP contribution is -2.40. The van der Waals surface area contributed by atoms with Gasteiger partial charge in [-0.2, -0.15) is 0 Å². The number of carbonyl (C=O) groups excluding carboxylic acids is 1. The van der Waals surface area contributed by atoms with Gasteiger partial charge in [0.05, 0.1) is 5.69 Å². The minimum Gasteiger partial charge on any atom is -0.356 e. The number of urea groups is 1. The fraction of sp³-hybridized carbons (Fsp3) is 0.263. The summed E-state index contributed by atoms with van der Waals surface area (Å²) in [4.78, 5) is 14.2. The van der Waals surface area contributed by atoms with Gasteiger partial charge >= 0.3 is 6.03 Å². The normalized spacial score (nSPS) is 15.5. The number of fused-ring (bicyclic) bond motifs is 1. The molecule has 1 saturated heterocycles. The van der Waals surface area contributed by atoms with Gasteiger partial charge in [-0.05, 0) is 37.1 Å². The SMILES string of the molecule is O=C(Nc1ccccc1)N1CCC(c2noc3cc(F)ccc23)CC1. The minimum atomic E-state index is -0.331. The number of hydrogen-bond acceptors (Lipinski definition) is 3. The number of nitrogens with zero attached hydrogens (tertiary/aromatic N) is 2. The molecule has 0 bridgehead atoms. The van der Waals surface area contributed by atoms with Gasteiger partial charge in [0.25, 0.3) is 0 Å². The molecule has 1 N–H and O–H groups in total. The van der Waals surface area contributed by atoms with Crippen molar-refractivity contribution < 1.29 is 13.7 Å². The van der Waals surface area contributed by atoms with E-state index in [1.807, 2.05) is 35.2 Å². The van der Waals surface area contributed by atoms with Crippen LogP contribution in [0.25, 0.3) is 11.0 Å². The lowest BCUT2D eigenvalue weighted by atomic mass is 9.92. The quantitative estimate of drug-likeness (QED) is 0.754. The Morgan fingerprint density at radius 1 is 1.16 bits per heavy atom. The Morgan fingerprint density at radius 2 is 1.92 bits per heavy atom. The molecule has 0 saturated carbocycles. The zero-order chi connectivity index (χ0) is 17.2. The number of piperidine rings is 1. The van der Waals surface area contributed by atoms with Crippen molar-refractivity contribution in [1.82, 2.24) is 10.1 Å². The molecular weight excluding hydrogens is 321 g/mol. The van der Waals surface area contributed by atoms with E-state index in [4.69, 9.17) is 4.52 Å². The van der Waals surface area contributed by atoms with Gasteiger partial charge in [-0.3, -0.25) is 0 Å². The third kappa shape index (κ3) is 3.20. The van der Waals surface area contributed by atoms with Crippen molar-refractivity contribution in [2.24, 2.45) is 0 Å². The molecule has 3 aromatic rings. The molecule has 6 heteroatoms.